The Morgan fingerprint density at radius 1 is 1.18 bits per heavy atom. The second-order valence-corrected chi connectivity index (χ2v) is 4.40. The van der Waals surface area contributed by atoms with Crippen molar-refractivity contribution in [1.29, 1.82) is 0 Å². The first-order valence-corrected chi connectivity index (χ1v) is 6.55. The van der Waals surface area contributed by atoms with E-state index in [0.717, 1.165) is 25.0 Å². The van der Waals surface area contributed by atoms with Crippen molar-refractivity contribution in [3.8, 4) is 0 Å². The van der Waals surface area contributed by atoms with Gasteiger partial charge in [0.05, 0.1) is 5.52 Å². The van der Waals surface area contributed by atoms with Crippen LogP contribution in [0, 0.1) is 0 Å². The number of hydrogen-bond donors (Lipinski definition) is 0. The molecule has 0 aliphatic heterocycles. The number of nitrogens with zero attached hydrogens (tertiary/aromatic N) is 2. The van der Waals surface area contributed by atoms with Gasteiger partial charge in [0, 0.05) is 36.2 Å². The van der Waals surface area contributed by atoms with Gasteiger partial charge in [-0.05, 0) is 18.6 Å². The summed E-state index contributed by atoms with van der Waals surface area (Å²) < 4.78 is 0. The largest absolute Gasteiger partial charge is 0.370 e. The molecule has 0 radical (unpaired) electrons. The number of fused-ring (bicyclic) bond motifs is 1. The van der Waals surface area contributed by atoms with Crippen molar-refractivity contribution < 1.29 is 0 Å². The monoisotopic (exact) mass is 248 g/mol. The second kappa shape index (κ2) is 5.87. The van der Waals surface area contributed by atoms with Gasteiger partial charge >= 0.3 is 0 Å². The maximum absolute atomic E-state index is 5.88. The van der Waals surface area contributed by atoms with E-state index in [-0.39, 0.29) is 0 Å². The van der Waals surface area contributed by atoms with Gasteiger partial charge in [-0.25, -0.2) is 0 Å². The molecule has 0 saturated heterocycles. The summed E-state index contributed by atoms with van der Waals surface area (Å²) in [6.07, 6.45) is 2.99. The number of para-hydroxylation sites is 1. The van der Waals surface area contributed by atoms with Gasteiger partial charge in [-0.15, -0.1) is 11.6 Å². The van der Waals surface area contributed by atoms with Crippen LogP contribution >= 0.6 is 11.6 Å². The summed E-state index contributed by atoms with van der Waals surface area (Å²) in [6, 6.07) is 10.3. The van der Waals surface area contributed by atoms with Gasteiger partial charge < -0.3 is 4.90 Å². The van der Waals surface area contributed by atoms with Crippen LogP contribution in [0.2, 0.25) is 0 Å². The molecule has 17 heavy (non-hydrogen) atoms. The molecule has 0 atom stereocenters. The number of benzene rings is 1. The smallest absolute Gasteiger partial charge is 0.0722 e. The molecule has 0 aliphatic carbocycles. The van der Waals surface area contributed by atoms with E-state index in [1.807, 2.05) is 18.3 Å². The highest BCUT2D eigenvalue weighted by Gasteiger charge is 2.08. The average Bonchev–Trinajstić information content (AvgIpc) is 2.38. The Kier molecular flexibility index (Phi) is 4.21. The first-order valence-electron chi connectivity index (χ1n) is 6.01. The van der Waals surface area contributed by atoms with Gasteiger partial charge in [0.2, 0.25) is 0 Å². The molecule has 0 aliphatic rings. The zero-order chi connectivity index (χ0) is 12.1. The average molecular weight is 249 g/mol. The van der Waals surface area contributed by atoms with Crippen molar-refractivity contribution >= 4 is 28.2 Å². The molecule has 2 nitrogen and oxygen atoms in total. The first-order chi connectivity index (χ1) is 8.36. The summed E-state index contributed by atoms with van der Waals surface area (Å²) in [6.45, 7) is 4.09. The van der Waals surface area contributed by atoms with E-state index >= 15 is 0 Å². The quantitative estimate of drug-likeness (QED) is 0.751. The molecule has 1 heterocycles. The predicted molar refractivity (Wildman–Crippen MR) is 75.0 cm³/mol. The Balaban J connectivity index is 2.44. The van der Waals surface area contributed by atoms with Gasteiger partial charge in [-0.2, -0.15) is 0 Å². The number of alkyl halides is 1. The number of halogens is 1. The third-order valence-corrected chi connectivity index (χ3v) is 2.98. The van der Waals surface area contributed by atoms with Crippen molar-refractivity contribution in [2.45, 2.75) is 13.3 Å². The lowest BCUT2D eigenvalue weighted by Crippen LogP contribution is -2.26. The highest BCUT2D eigenvalue weighted by atomic mass is 35.5. The molecule has 0 spiro atoms. The summed E-state index contributed by atoms with van der Waals surface area (Å²) in [7, 11) is 0. The molecule has 90 valence electrons. The normalized spacial score (nSPS) is 10.7. The van der Waals surface area contributed by atoms with Crippen molar-refractivity contribution in [3.63, 3.8) is 0 Å². The van der Waals surface area contributed by atoms with E-state index in [9.17, 15) is 0 Å². The van der Waals surface area contributed by atoms with Crippen molar-refractivity contribution in [1.82, 2.24) is 4.98 Å². The van der Waals surface area contributed by atoms with Crippen LogP contribution in [0.5, 0.6) is 0 Å². The minimum atomic E-state index is 0.649. The van der Waals surface area contributed by atoms with Crippen LogP contribution in [0.25, 0.3) is 10.9 Å². The Morgan fingerprint density at radius 3 is 2.76 bits per heavy atom. The molecule has 0 saturated carbocycles. The van der Waals surface area contributed by atoms with Crippen LogP contribution in [-0.2, 0) is 0 Å². The van der Waals surface area contributed by atoms with Crippen LogP contribution < -0.4 is 4.90 Å². The van der Waals surface area contributed by atoms with Crippen LogP contribution in [0.15, 0.2) is 36.5 Å². The Morgan fingerprint density at radius 2 is 2.00 bits per heavy atom. The minimum Gasteiger partial charge on any atom is -0.370 e. The second-order valence-electron chi connectivity index (χ2n) is 4.02. The zero-order valence-corrected chi connectivity index (χ0v) is 10.8. The van der Waals surface area contributed by atoms with Gasteiger partial charge in [0.25, 0.3) is 0 Å². The molecule has 2 aromatic rings. The third kappa shape index (κ3) is 2.70. The van der Waals surface area contributed by atoms with Crippen LogP contribution in [0.3, 0.4) is 0 Å². The highest BCUT2D eigenvalue weighted by Crippen LogP contribution is 2.25. The molecule has 0 N–H and O–H groups in total. The number of rotatable bonds is 5. The molecule has 3 heteroatoms. The van der Waals surface area contributed by atoms with Crippen molar-refractivity contribution in [3.05, 3.63) is 36.5 Å². The van der Waals surface area contributed by atoms with Gasteiger partial charge in [-0.1, -0.05) is 25.1 Å². The summed E-state index contributed by atoms with van der Waals surface area (Å²) in [5.74, 6) is 0.649. The topological polar surface area (TPSA) is 16.1 Å². The van der Waals surface area contributed by atoms with E-state index < -0.39 is 0 Å². The Labute approximate surface area is 107 Å². The van der Waals surface area contributed by atoms with E-state index in [4.69, 9.17) is 11.6 Å². The lowest BCUT2D eigenvalue weighted by Gasteiger charge is -2.24. The fraction of sp³-hybridized carbons (Fsp3) is 0.357. The lowest BCUT2D eigenvalue weighted by atomic mass is 10.1. The lowest BCUT2D eigenvalue weighted by molar-refractivity contribution is 0.797. The fourth-order valence-corrected chi connectivity index (χ4v) is 2.29. The van der Waals surface area contributed by atoms with Crippen molar-refractivity contribution in [2.24, 2.45) is 0 Å². The zero-order valence-electron chi connectivity index (χ0n) is 10.1. The summed E-state index contributed by atoms with van der Waals surface area (Å²) in [4.78, 5) is 6.72. The summed E-state index contributed by atoms with van der Waals surface area (Å²) in [5.41, 5.74) is 2.28. The fourth-order valence-electron chi connectivity index (χ4n) is 2.08. The number of pyridine rings is 1. The van der Waals surface area contributed by atoms with Crippen LogP contribution in [0.1, 0.15) is 13.3 Å². The van der Waals surface area contributed by atoms with E-state index in [1.165, 1.54) is 11.1 Å². The van der Waals surface area contributed by atoms with Crippen molar-refractivity contribution in [2.75, 3.05) is 23.9 Å². The maximum Gasteiger partial charge on any atom is 0.0722 e. The Bertz CT molecular complexity index is 473. The molecule has 0 unspecified atom stereocenters. The van der Waals surface area contributed by atoms with E-state index in [0.29, 0.717) is 5.88 Å². The number of aromatic nitrogens is 1. The highest BCUT2D eigenvalue weighted by molar-refractivity contribution is 6.18. The molecule has 1 aromatic heterocycles. The minimum absolute atomic E-state index is 0.649. The standard InChI is InChI=1S/C14H17ClN2/c1-2-10-17(11-8-15)14-7-9-16-13-6-4-3-5-12(13)14/h3-7,9H,2,8,10-11H2,1H3. The molecule has 1 aromatic carbocycles. The van der Waals surface area contributed by atoms with Gasteiger partial charge in [-0.3, -0.25) is 4.98 Å². The molecule has 0 amide bonds. The predicted octanol–water partition coefficient (Wildman–Crippen LogP) is 3.69. The number of hydrogen-bond acceptors (Lipinski definition) is 2. The van der Waals surface area contributed by atoms with Crippen LogP contribution in [-0.4, -0.2) is 24.0 Å². The first kappa shape index (κ1) is 12.2. The van der Waals surface area contributed by atoms with E-state index in [2.05, 4.69) is 35.0 Å². The SMILES string of the molecule is CCCN(CCCl)c1ccnc2ccccc12. The van der Waals surface area contributed by atoms with Gasteiger partial charge in [0.15, 0.2) is 0 Å². The van der Waals surface area contributed by atoms with Gasteiger partial charge in [0.1, 0.15) is 0 Å². The third-order valence-electron chi connectivity index (χ3n) is 2.81. The molecular weight excluding hydrogens is 232 g/mol. The molecule has 0 bridgehead atoms. The van der Waals surface area contributed by atoms with E-state index in [1.54, 1.807) is 0 Å². The number of anilines is 1. The summed E-state index contributed by atoms with van der Waals surface area (Å²) >= 11 is 5.88. The maximum atomic E-state index is 5.88. The molecular formula is C14H17ClN2. The summed E-state index contributed by atoms with van der Waals surface area (Å²) in [5, 5.41) is 1.20. The molecule has 0 fully saturated rings. The molecule has 2 rings (SSSR count). The van der Waals surface area contributed by atoms with Crippen LogP contribution in [0.4, 0.5) is 5.69 Å². The Hall–Kier alpha value is -1.28.